The number of halogens is 4. The molecule has 10 heteroatoms. The van der Waals surface area contributed by atoms with Crippen molar-refractivity contribution in [2.45, 2.75) is 21.0 Å². The van der Waals surface area contributed by atoms with E-state index in [1.54, 1.807) is 0 Å². The highest BCUT2D eigenvalue weighted by molar-refractivity contribution is 8.00. The molecule has 1 aromatic carbocycles. The van der Waals surface area contributed by atoms with E-state index in [0.717, 1.165) is 16.4 Å². The predicted molar refractivity (Wildman–Crippen MR) is 72.8 cm³/mol. The molecule has 0 radical (unpaired) electrons. The SMILES string of the molecule is O=S(=O)(c1ccc2c(c1)C(F)(F)C(F)(F)S2)N1CCNCC1. The zero-order valence-electron chi connectivity index (χ0n) is 11.2. The van der Waals surface area contributed by atoms with Crippen LogP contribution in [-0.2, 0) is 15.9 Å². The van der Waals surface area contributed by atoms with Crippen molar-refractivity contribution >= 4 is 21.8 Å². The Morgan fingerprint density at radius 2 is 1.77 bits per heavy atom. The van der Waals surface area contributed by atoms with Gasteiger partial charge < -0.3 is 5.32 Å². The quantitative estimate of drug-likeness (QED) is 0.825. The largest absolute Gasteiger partial charge is 0.364 e. The van der Waals surface area contributed by atoms with E-state index in [1.165, 1.54) is 0 Å². The fourth-order valence-corrected chi connectivity index (χ4v) is 4.81. The zero-order valence-corrected chi connectivity index (χ0v) is 12.8. The van der Waals surface area contributed by atoms with E-state index in [2.05, 4.69) is 5.32 Å². The third kappa shape index (κ3) is 2.32. The summed E-state index contributed by atoms with van der Waals surface area (Å²) in [5, 5.41) is -1.30. The first-order valence-electron chi connectivity index (χ1n) is 6.46. The lowest BCUT2D eigenvalue weighted by Gasteiger charge is -2.26. The Morgan fingerprint density at radius 3 is 2.41 bits per heavy atom. The molecule has 1 saturated heterocycles. The van der Waals surface area contributed by atoms with E-state index in [-0.39, 0.29) is 34.6 Å². The number of hydrogen-bond donors (Lipinski definition) is 1. The van der Waals surface area contributed by atoms with Gasteiger partial charge in [-0.3, -0.25) is 0 Å². The monoisotopic (exact) mass is 356 g/mol. The molecule has 1 aromatic rings. The van der Waals surface area contributed by atoms with E-state index < -0.39 is 26.8 Å². The average Bonchev–Trinajstić information content (AvgIpc) is 2.65. The number of sulfonamides is 1. The van der Waals surface area contributed by atoms with E-state index >= 15 is 0 Å². The van der Waals surface area contributed by atoms with Crippen LogP contribution in [0.1, 0.15) is 5.56 Å². The molecule has 2 heterocycles. The summed E-state index contributed by atoms with van der Waals surface area (Å²) in [4.78, 5) is -0.680. The maximum absolute atomic E-state index is 13.7. The summed E-state index contributed by atoms with van der Waals surface area (Å²) in [6.07, 6.45) is 0. The second-order valence-corrected chi connectivity index (χ2v) is 8.10. The van der Waals surface area contributed by atoms with Crippen LogP contribution in [0.25, 0.3) is 0 Å². The Kier molecular flexibility index (Phi) is 3.70. The molecule has 1 fully saturated rings. The Bertz CT molecular complexity index is 703. The number of thioether (sulfide) groups is 1. The minimum atomic E-state index is -4.39. The van der Waals surface area contributed by atoms with Gasteiger partial charge in [-0.05, 0) is 30.0 Å². The van der Waals surface area contributed by atoms with Crippen molar-refractivity contribution < 1.29 is 26.0 Å². The number of nitrogens with zero attached hydrogens (tertiary/aromatic N) is 1. The smallest absolute Gasteiger partial charge is 0.314 e. The second-order valence-electron chi connectivity index (χ2n) is 5.01. The Hall–Kier alpha value is -0.840. The van der Waals surface area contributed by atoms with Crippen molar-refractivity contribution in [3.05, 3.63) is 23.8 Å². The van der Waals surface area contributed by atoms with Gasteiger partial charge in [-0.2, -0.15) is 21.9 Å². The third-order valence-corrected chi connectivity index (χ3v) is 6.59. The number of rotatable bonds is 2. The van der Waals surface area contributed by atoms with Gasteiger partial charge in [-0.25, -0.2) is 8.42 Å². The molecule has 0 aromatic heterocycles. The first-order valence-corrected chi connectivity index (χ1v) is 8.72. The van der Waals surface area contributed by atoms with E-state index in [1.807, 2.05) is 0 Å². The van der Waals surface area contributed by atoms with Crippen LogP contribution < -0.4 is 5.32 Å². The Balaban J connectivity index is 2.02. The summed E-state index contributed by atoms with van der Waals surface area (Å²) in [6, 6.07) is 2.78. The highest BCUT2D eigenvalue weighted by Gasteiger charge is 2.64. The minimum Gasteiger partial charge on any atom is -0.314 e. The van der Waals surface area contributed by atoms with Gasteiger partial charge in [-0.15, -0.1) is 0 Å². The van der Waals surface area contributed by atoms with Crippen LogP contribution in [0.2, 0.25) is 0 Å². The predicted octanol–water partition coefficient (Wildman–Crippen LogP) is 2.07. The third-order valence-electron chi connectivity index (χ3n) is 3.61. The lowest BCUT2D eigenvalue weighted by atomic mass is 10.1. The van der Waals surface area contributed by atoms with E-state index in [4.69, 9.17) is 0 Å². The van der Waals surface area contributed by atoms with Crippen molar-refractivity contribution in [2.24, 2.45) is 0 Å². The van der Waals surface area contributed by atoms with Crippen LogP contribution in [0.3, 0.4) is 0 Å². The molecule has 0 amide bonds. The van der Waals surface area contributed by atoms with Gasteiger partial charge in [-0.1, -0.05) is 0 Å². The lowest BCUT2D eigenvalue weighted by molar-refractivity contribution is -0.154. The molecule has 22 heavy (non-hydrogen) atoms. The van der Waals surface area contributed by atoms with Gasteiger partial charge in [0.25, 0.3) is 0 Å². The molecule has 3 rings (SSSR count). The van der Waals surface area contributed by atoms with Crippen LogP contribution in [0, 0.1) is 0 Å². The highest BCUT2D eigenvalue weighted by atomic mass is 32.2. The summed E-state index contributed by atoms with van der Waals surface area (Å²) < 4.78 is 80.2. The maximum atomic E-state index is 13.7. The summed E-state index contributed by atoms with van der Waals surface area (Å²) in [6.45, 7) is 1.32. The molecule has 0 unspecified atom stereocenters. The molecular formula is C12H12F4N2O2S2. The van der Waals surface area contributed by atoms with Crippen molar-refractivity contribution in [1.29, 1.82) is 0 Å². The molecule has 0 atom stereocenters. The van der Waals surface area contributed by atoms with Crippen LogP contribution in [0.4, 0.5) is 17.6 Å². The summed E-state index contributed by atoms with van der Waals surface area (Å²) in [5.74, 6) is -4.39. The number of fused-ring (bicyclic) bond motifs is 1. The molecular weight excluding hydrogens is 344 g/mol. The number of nitrogens with one attached hydrogen (secondary N) is 1. The molecule has 2 aliphatic rings. The van der Waals surface area contributed by atoms with Crippen molar-refractivity contribution in [3.63, 3.8) is 0 Å². The fraction of sp³-hybridized carbons (Fsp3) is 0.500. The molecule has 0 saturated carbocycles. The van der Waals surface area contributed by atoms with E-state index in [9.17, 15) is 26.0 Å². The van der Waals surface area contributed by atoms with Gasteiger partial charge in [0.2, 0.25) is 10.0 Å². The summed E-state index contributed by atoms with van der Waals surface area (Å²) >= 11 is -0.247. The number of alkyl halides is 4. The fourth-order valence-electron chi connectivity index (χ4n) is 2.40. The number of benzene rings is 1. The Labute approximate surface area is 128 Å². The molecule has 4 nitrogen and oxygen atoms in total. The zero-order chi connectivity index (χ0) is 16.2. The lowest BCUT2D eigenvalue weighted by Crippen LogP contribution is -2.46. The van der Waals surface area contributed by atoms with Crippen LogP contribution in [0.5, 0.6) is 0 Å². The van der Waals surface area contributed by atoms with Crippen LogP contribution in [-0.4, -0.2) is 44.2 Å². The van der Waals surface area contributed by atoms with Gasteiger partial charge in [0.05, 0.1) is 4.90 Å². The highest BCUT2D eigenvalue weighted by Crippen LogP contribution is 2.60. The Morgan fingerprint density at radius 1 is 1.14 bits per heavy atom. The molecule has 0 bridgehead atoms. The first kappa shape index (κ1) is 16.0. The van der Waals surface area contributed by atoms with Crippen LogP contribution >= 0.6 is 11.8 Å². The van der Waals surface area contributed by atoms with Gasteiger partial charge >= 0.3 is 11.2 Å². The standard InChI is InChI=1S/C12H12F4N2O2S2/c13-11(14)9-7-8(1-2-10(9)21-12(11,15)16)22(19,20)18-5-3-17-4-6-18/h1-2,7,17H,3-6H2. The van der Waals surface area contributed by atoms with Crippen molar-refractivity contribution in [1.82, 2.24) is 9.62 Å². The molecule has 2 aliphatic heterocycles. The van der Waals surface area contributed by atoms with Crippen LogP contribution in [0.15, 0.2) is 28.0 Å². The van der Waals surface area contributed by atoms with E-state index in [0.29, 0.717) is 19.2 Å². The molecule has 1 N–H and O–H groups in total. The topological polar surface area (TPSA) is 49.4 Å². The van der Waals surface area contributed by atoms with Gasteiger partial charge in [0.1, 0.15) is 0 Å². The summed E-state index contributed by atoms with van der Waals surface area (Å²) in [5.41, 5.74) is -0.932. The van der Waals surface area contributed by atoms with Crippen molar-refractivity contribution in [3.8, 4) is 0 Å². The van der Waals surface area contributed by atoms with Crippen molar-refractivity contribution in [2.75, 3.05) is 26.2 Å². The minimum absolute atomic E-state index is 0.209. The number of piperazine rings is 1. The van der Waals surface area contributed by atoms with Gasteiger partial charge in [0, 0.05) is 36.6 Å². The molecule has 122 valence electrons. The van der Waals surface area contributed by atoms with Gasteiger partial charge in [0.15, 0.2) is 0 Å². The molecule has 0 spiro atoms. The first-order chi connectivity index (χ1) is 10.2. The summed E-state index contributed by atoms with van der Waals surface area (Å²) in [7, 11) is -3.97. The average molecular weight is 356 g/mol. The second kappa shape index (κ2) is 5.08. The maximum Gasteiger partial charge on any atom is 0.364 e. The molecule has 0 aliphatic carbocycles. The normalized spacial score (nSPS) is 24.2. The number of hydrogen-bond acceptors (Lipinski definition) is 4.